The van der Waals surface area contributed by atoms with Crippen LogP contribution in [0.5, 0.6) is 0 Å². The fourth-order valence-corrected chi connectivity index (χ4v) is 2.09. The molecule has 2 aromatic rings. The average molecular weight is 330 g/mol. The number of carbonyl (C=O) groups is 2. The van der Waals surface area contributed by atoms with Gasteiger partial charge in [-0.05, 0) is 54.5 Å². The van der Waals surface area contributed by atoms with Gasteiger partial charge in [0, 0.05) is 16.8 Å². The van der Waals surface area contributed by atoms with Crippen molar-refractivity contribution in [3.8, 4) is 0 Å². The molecule has 0 aromatic heterocycles. The number of carbonyl (C=O) groups excluding carboxylic acids is 2. The molecule has 1 N–H and O–H groups in total. The van der Waals surface area contributed by atoms with E-state index in [2.05, 4.69) is 10.1 Å². The third-order valence-electron chi connectivity index (χ3n) is 3.20. The van der Waals surface area contributed by atoms with Gasteiger partial charge in [0.1, 0.15) is 0 Å². The van der Waals surface area contributed by atoms with E-state index in [4.69, 9.17) is 11.6 Å². The molecule has 0 aliphatic carbocycles. The van der Waals surface area contributed by atoms with Gasteiger partial charge >= 0.3 is 5.97 Å². The minimum absolute atomic E-state index is 0.256. The van der Waals surface area contributed by atoms with Crippen molar-refractivity contribution in [2.75, 3.05) is 12.4 Å². The second-order valence-electron chi connectivity index (χ2n) is 4.90. The fraction of sp³-hybridized carbons (Fsp3) is 0.111. The Labute approximate surface area is 139 Å². The molecule has 0 radical (unpaired) electrons. The summed E-state index contributed by atoms with van der Waals surface area (Å²) in [4.78, 5) is 23.4. The standard InChI is InChI=1S/C18H16ClNO3/c1-12-11-14(18(22)23-2)6-9-16(12)20-17(21)10-5-13-3-7-15(19)8-4-13/h3-11H,1-2H3,(H,20,21)/b10-5+. The molecule has 2 aromatic carbocycles. The Balaban J connectivity index is 2.05. The molecule has 0 aliphatic rings. The summed E-state index contributed by atoms with van der Waals surface area (Å²) in [6.07, 6.45) is 3.14. The number of esters is 1. The number of hydrogen-bond acceptors (Lipinski definition) is 3. The third-order valence-corrected chi connectivity index (χ3v) is 3.45. The van der Waals surface area contributed by atoms with Gasteiger partial charge in [-0.25, -0.2) is 4.79 Å². The zero-order chi connectivity index (χ0) is 16.8. The van der Waals surface area contributed by atoms with Crippen LogP contribution >= 0.6 is 11.6 Å². The van der Waals surface area contributed by atoms with Gasteiger partial charge in [-0.15, -0.1) is 0 Å². The van der Waals surface area contributed by atoms with Gasteiger partial charge in [0.25, 0.3) is 0 Å². The Morgan fingerprint density at radius 1 is 1.13 bits per heavy atom. The maximum Gasteiger partial charge on any atom is 0.337 e. The molecule has 0 heterocycles. The molecule has 2 rings (SSSR count). The van der Waals surface area contributed by atoms with Crippen LogP contribution in [0.15, 0.2) is 48.5 Å². The lowest BCUT2D eigenvalue weighted by molar-refractivity contribution is -0.111. The van der Waals surface area contributed by atoms with E-state index in [9.17, 15) is 9.59 Å². The molecule has 0 atom stereocenters. The summed E-state index contributed by atoms with van der Waals surface area (Å²) in [5, 5.41) is 3.42. The second kappa shape index (κ2) is 7.61. The quantitative estimate of drug-likeness (QED) is 0.679. The van der Waals surface area contributed by atoms with Crippen molar-refractivity contribution >= 4 is 35.2 Å². The molecule has 0 bridgehead atoms. The van der Waals surface area contributed by atoms with Gasteiger partial charge in [-0.3, -0.25) is 4.79 Å². The molecule has 0 fully saturated rings. The normalized spacial score (nSPS) is 10.6. The van der Waals surface area contributed by atoms with E-state index < -0.39 is 5.97 Å². The van der Waals surface area contributed by atoms with Crippen molar-refractivity contribution in [1.29, 1.82) is 0 Å². The molecule has 1 amide bonds. The first-order chi connectivity index (χ1) is 11.0. The molecule has 0 unspecified atom stereocenters. The van der Waals surface area contributed by atoms with Gasteiger partial charge < -0.3 is 10.1 Å². The average Bonchev–Trinajstić information content (AvgIpc) is 2.55. The molecule has 0 saturated heterocycles. The number of rotatable bonds is 4. The van der Waals surface area contributed by atoms with Crippen LogP contribution in [0.2, 0.25) is 5.02 Å². The van der Waals surface area contributed by atoms with E-state index >= 15 is 0 Å². The van der Waals surface area contributed by atoms with E-state index in [1.165, 1.54) is 13.2 Å². The first kappa shape index (κ1) is 16.8. The first-order valence-corrected chi connectivity index (χ1v) is 7.31. The monoisotopic (exact) mass is 329 g/mol. The molecule has 0 aliphatic heterocycles. The van der Waals surface area contributed by atoms with Crippen LogP contribution in [-0.4, -0.2) is 19.0 Å². The highest BCUT2D eigenvalue weighted by Gasteiger charge is 2.08. The number of hydrogen-bond donors (Lipinski definition) is 1. The maximum absolute atomic E-state index is 12.0. The molecule has 0 spiro atoms. The lowest BCUT2D eigenvalue weighted by Gasteiger charge is -2.08. The number of amides is 1. The summed E-state index contributed by atoms with van der Waals surface area (Å²) < 4.78 is 4.66. The van der Waals surface area contributed by atoms with Crippen LogP contribution in [0.3, 0.4) is 0 Å². The van der Waals surface area contributed by atoms with Gasteiger partial charge in [0.05, 0.1) is 12.7 Å². The van der Waals surface area contributed by atoms with Crippen molar-refractivity contribution < 1.29 is 14.3 Å². The number of methoxy groups -OCH3 is 1. The lowest BCUT2D eigenvalue weighted by atomic mass is 10.1. The smallest absolute Gasteiger partial charge is 0.337 e. The molecule has 0 saturated carbocycles. The molecular weight excluding hydrogens is 314 g/mol. The number of ether oxygens (including phenoxy) is 1. The van der Waals surface area contributed by atoms with Crippen molar-refractivity contribution in [2.45, 2.75) is 6.92 Å². The van der Waals surface area contributed by atoms with Crippen LogP contribution in [-0.2, 0) is 9.53 Å². The first-order valence-electron chi connectivity index (χ1n) is 6.93. The SMILES string of the molecule is COC(=O)c1ccc(NC(=O)/C=C/c2ccc(Cl)cc2)c(C)c1. The predicted molar refractivity (Wildman–Crippen MR) is 91.6 cm³/mol. The second-order valence-corrected chi connectivity index (χ2v) is 5.33. The third kappa shape index (κ3) is 4.69. The van der Waals surface area contributed by atoms with E-state index in [1.54, 1.807) is 36.4 Å². The highest BCUT2D eigenvalue weighted by Crippen LogP contribution is 2.17. The molecule has 118 valence electrons. The number of halogens is 1. The molecule has 23 heavy (non-hydrogen) atoms. The van der Waals surface area contributed by atoms with E-state index in [0.29, 0.717) is 16.3 Å². The van der Waals surface area contributed by atoms with Crippen molar-refractivity contribution in [1.82, 2.24) is 0 Å². The van der Waals surface area contributed by atoms with Crippen LogP contribution in [0, 0.1) is 6.92 Å². The summed E-state index contributed by atoms with van der Waals surface area (Å²) in [5.41, 5.74) is 2.74. The van der Waals surface area contributed by atoms with Gasteiger partial charge in [0.2, 0.25) is 5.91 Å². The Morgan fingerprint density at radius 2 is 1.83 bits per heavy atom. The zero-order valence-corrected chi connectivity index (χ0v) is 13.6. The minimum Gasteiger partial charge on any atom is -0.465 e. The van der Waals surface area contributed by atoms with E-state index in [1.807, 2.05) is 19.1 Å². The van der Waals surface area contributed by atoms with Crippen LogP contribution in [0.25, 0.3) is 6.08 Å². The van der Waals surface area contributed by atoms with E-state index in [-0.39, 0.29) is 5.91 Å². The van der Waals surface area contributed by atoms with Crippen molar-refractivity contribution in [2.24, 2.45) is 0 Å². The highest BCUT2D eigenvalue weighted by molar-refractivity contribution is 6.30. The largest absolute Gasteiger partial charge is 0.465 e. The summed E-state index contributed by atoms with van der Waals surface area (Å²) in [6, 6.07) is 12.1. The summed E-state index contributed by atoms with van der Waals surface area (Å²) in [6.45, 7) is 1.81. The van der Waals surface area contributed by atoms with Crippen LogP contribution in [0.1, 0.15) is 21.5 Å². The number of nitrogens with one attached hydrogen (secondary N) is 1. The number of benzene rings is 2. The van der Waals surface area contributed by atoms with Crippen LogP contribution in [0.4, 0.5) is 5.69 Å². The molecular formula is C18H16ClNO3. The van der Waals surface area contributed by atoms with Gasteiger partial charge in [-0.1, -0.05) is 23.7 Å². The Bertz CT molecular complexity index is 751. The minimum atomic E-state index is -0.409. The van der Waals surface area contributed by atoms with Crippen molar-refractivity contribution in [3.05, 3.63) is 70.3 Å². The van der Waals surface area contributed by atoms with E-state index in [0.717, 1.165) is 11.1 Å². The van der Waals surface area contributed by atoms with Crippen LogP contribution < -0.4 is 5.32 Å². The van der Waals surface area contributed by atoms with Gasteiger partial charge in [0.15, 0.2) is 0 Å². The summed E-state index contributed by atoms with van der Waals surface area (Å²) >= 11 is 5.81. The molecule has 5 heteroatoms. The number of aryl methyl sites for hydroxylation is 1. The highest BCUT2D eigenvalue weighted by atomic mass is 35.5. The Morgan fingerprint density at radius 3 is 2.43 bits per heavy atom. The predicted octanol–water partition coefficient (Wildman–Crippen LogP) is 4.09. The lowest BCUT2D eigenvalue weighted by Crippen LogP contribution is -2.10. The van der Waals surface area contributed by atoms with Crippen molar-refractivity contribution in [3.63, 3.8) is 0 Å². The Kier molecular flexibility index (Phi) is 5.55. The Hall–Kier alpha value is -2.59. The maximum atomic E-state index is 12.0. The van der Waals surface area contributed by atoms with Gasteiger partial charge in [-0.2, -0.15) is 0 Å². The fourth-order valence-electron chi connectivity index (χ4n) is 1.97. The topological polar surface area (TPSA) is 55.4 Å². The number of anilines is 1. The molecule has 4 nitrogen and oxygen atoms in total. The summed E-state index contributed by atoms with van der Waals surface area (Å²) in [5.74, 6) is -0.664. The summed E-state index contributed by atoms with van der Waals surface area (Å²) in [7, 11) is 1.33. The zero-order valence-electron chi connectivity index (χ0n) is 12.8.